The van der Waals surface area contributed by atoms with Gasteiger partial charge < -0.3 is 20.3 Å². The smallest absolute Gasteiger partial charge is 0.305 e. The molecule has 0 saturated heterocycles. The van der Waals surface area contributed by atoms with Crippen molar-refractivity contribution in [1.29, 1.82) is 0 Å². The van der Waals surface area contributed by atoms with Crippen LogP contribution >= 0.6 is 0 Å². The van der Waals surface area contributed by atoms with Crippen molar-refractivity contribution in [3.05, 3.63) is 24.3 Å². The van der Waals surface area contributed by atoms with Gasteiger partial charge in [-0.2, -0.15) is 0 Å². The summed E-state index contributed by atoms with van der Waals surface area (Å²) in [7, 11) is 0. The predicted octanol–water partition coefficient (Wildman–Crippen LogP) is 17.5. The van der Waals surface area contributed by atoms with Crippen LogP contribution in [-0.4, -0.2) is 47.4 Å². The number of aliphatic hydroxyl groups excluding tert-OH is 2. The Bertz CT molecular complexity index is 997. The van der Waals surface area contributed by atoms with Gasteiger partial charge in [0, 0.05) is 12.8 Å². The first kappa shape index (κ1) is 62.3. The number of unbranched alkanes of at least 4 members (excludes halogenated alkanes) is 38. The van der Waals surface area contributed by atoms with Gasteiger partial charge in [0.15, 0.2) is 0 Å². The summed E-state index contributed by atoms with van der Waals surface area (Å²) in [4.78, 5) is 24.5. The van der Waals surface area contributed by atoms with Crippen molar-refractivity contribution < 1.29 is 24.5 Å². The van der Waals surface area contributed by atoms with Gasteiger partial charge in [-0.05, 0) is 57.8 Å². The number of rotatable bonds is 53. The first-order valence-corrected chi connectivity index (χ1v) is 28.6. The standard InChI is InChI=1S/C58H111NO5/c1-3-5-7-9-11-13-15-17-18-20-24-28-32-36-40-44-48-52-58(63)64-53-49-45-41-37-33-29-25-22-19-21-23-27-31-35-39-43-47-51-57(62)59-55(54-60)56(61)50-46-42-38-34-30-26-16-14-12-10-8-6-4-2/h11,13,17-18,55-56,60-61H,3-10,12,14-16,19-54H2,1-2H3,(H,59,62)/b13-11-,18-17-. The molecular formula is C58H111NO5. The first-order valence-electron chi connectivity index (χ1n) is 28.6. The fourth-order valence-electron chi connectivity index (χ4n) is 8.85. The topological polar surface area (TPSA) is 95.9 Å². The number of esters is 1. The molecule has 378 valence electrons. The second-order valence-electron chi connectivity index (χ2n) is 19.6. The Hall–Kier alpha value is -1.66. The molecule has 0 heterocycles. The van der Waals surface area contributed by atoms with Crippen molar-refractivity contribution in [3.63, 3.8) is 0 Å². The number of nitrogens with one attached hydrogen (secondary N) is 1. The largest absolute Gasteiger partial charge is 0.466 e. The lowest BCUT2D eigenvalue weighted by Crippen LogP contribution is -2.45. The molecule has 0 aromatic rings. The second kappa shape index (κ2) is 54.0. The monoisotopic (exact) mass is 902 g/mol. The van der Waals surface area contributed by atoms with Crippen molar-refractivity contribution in [1.82, 2.24) is 5.32 Å². The highest BCUT2D eigenvalue weighted by Crippen LogP contribution is 2.17. The maximum atomic E-state index is 12.5. The third kappa shape index (κ3) is 49.8. The molecule has 2 unspecified atom stereocenters. The number of hydrogen-bond donors (Lipinski definition) is 3. The number of carbonyl (C=O) groups is 2. The average Bonchev–Trinajstić information content (AvgIpc) is 3.29. The quantitative estimate of drug-likeness (QED) is 0.0321. The lowest BCUT2D eigenvalue weighted by Gasteiger charge is -2.22. The Morgan fingerprint density at radius 2 is 0.781 bits per heavy atom. The van der Waals surface area contributed by atoms with Crippen LogP contribution in [0.25, 0.3) is 0 Å². The summed E-state index contributed by atoms with van der Waals surface area (Å²) in [5.74, 6) is -0.0421. The van der Waals surface area contributed by atoms with Crippen LogP contribution in [0.2, 0.25) is 0 Å². The van der Waals surface area contributed by atoms with Crippen molar-refractivity contribution in [3.8, 4) is 0 Å². The number of aliphatic hydroxyl groups is 2. The molecule has 6 heteroatoms. The van der Waals surface area contributed by atoms with E-state index in [9.17, 15) is 19.8 Å². The minimum absolute atomic E-state index is 0.00219. The Morgan fingerprint density at radius 1 is 0.438 bits per heavy atom. The molecule has 2 atom stereocenters. The van der Waals surface area contributed by atoms with Gasteiger partial charge in [0.2, 0.25) is 5.91 Å². The Labute approximate surface area is 399 Å². The number of hydrogen-bond acceptors (Lipinski definition) is 5. The van der Waals surface area contributed by atoms with Crippen molar-refractivity contribution in [2.75, 3.05) is 13.2 Å². The van der Waals surface area contributed by atoms with Gasteiger partial charge in [0.1, 0.15) is 0 Å². The molecule has 0 aliphatic rings. The summed E-state index contributed by atoms with van der Waals surface area (Å²) < 4.78 is 5.48. The van der Waals surface area contributed by atoms with Crippen LogP contribution in [0.1, 0.15) is 309 Å². The van der Waals surface area contributed by atoms with Crippen LogP contribution in [-0.2, 0) is 14.3 Å². The summed E-state index contributed by atoms with van der Waals surface area (Å²) in [6.07, 6.45) is 64.4. The van der Waals surface area contributed by atoms with Gasteiger partial charge in [0.05, 0.1) is 25.4 Å². The molecule has 0 rings (SSSR count). The fourth-order valence-corrected chi connectivity index (χ4v) is 8.85. The normalized spacial score (nSPS) is 12.8. The predicted molar refractivity (Wildman–Crippen MR) is 278 cm³/mol. The Morgan fingerprint density at radius 3 is 1.22 bits per heavy atom. The SMILES string of the molecule is CCCCC/C=C\C/C=C\CCCCCCCCCC(=O)OCCCCCCCCCCCCCCCCCCCC(=O)NC(CO)C(O)CCCCCCCCCCCCCCC. The fraction of sp³-hybridized carbons (Fsp3) is 0.897. The molecule has 0 bridgehead atoms. The zero-order chi connectivity index (χ0) is 46.5. The maximum Gasteiger partial charge on any atom is 0.305 e. The average molecular weight is 903 g/mol. The van der Waals surface area contributed by atoms with Gasteiger partial charge in [-0.3, -0.25) is 9.59 Å². The molecule has 0 aliphatic carbocycles. The number of ether oxygens (including phenoxy) is 1. The summed E-state index contributed by atoms with van der Waals surface area (Å²) in [6.45, 7) is 4.92. The lowest BCUT2D eigenvalue weighted by atomic mass is 10.0. The van der Waals surface area contributed by atoms with E-state index in [1.54, 1.807) is 0 Å². The molecule has 0 aromatic carbocycles. The first-order chi connectivity index (χ1) is 31.5. The number of carbonyl (C=O) groups excluding carboxylic acids is 2. The summed E-state index contributed by atoms with van der Waals surface area (Å²) in [5, 5.41) is 23.2. The highest BCUT2D eigenvalue weighted by Gasteiger charge is 2.20. The van der Waals surface area contributed by atoms with Crippen LogP contribution in [0, 0.1) is 0 Å². The van der Waals surface area contributed by atoms with Gasteiger partial charge >= 0.3 is 5.97 Å². The van der Waals surface area contributed by atoms with Crippen LogP contribution in [0.4, 0.5) is 0 Å². The number of amides is 1. The van der Waals surface area contributed by atoms with E-state index in [-0.39, 0.29) is 18.5 Å². The van der Waals surface area contributed by atoms with Crippen molar-refractivity contribution in [2.24, 2.45) is 0 Å². The van der Waals surface area contributed by atoms with Gasteiger partial charge in [-0.1, -0.05) is 263 Å². The molecule has 64 heavy (non-hydrogen) atoms. The van der Waals surface area contributed by atoms with Crippen LogP contribution in [0.3, 0.4) is 0 Å². The van der Waals surface area contributed by atoms with E-state index in [0.717, 1.165) is 51.4 Å². The van der Waals surface area contributed by atoms with Gasteiger partial charge in [-0.15, -0.1) is 0 Å². The molecule has 0 fully saturated rings. The molecule has 0 radical (unpaired) electrons. The molecular weight excluding hydrogens is 791 g/mol. The van der Waals surface area contributed by atoms with E-state index in [0.29, 0.717) is 25.9 Å². The van der Waals surface area contributed by atoms with Crippen molar-refractivity contribution >= 4 is 11.9 Å². The molecule has 0 spiro atoms. The summed E-state index contributed by atoms with van der Waals surface area (Å²) in [5.41, 5.74) is 0. The van der Waals surface area contributed by atoms with Crippen LogP contribution in [0.5, 0.6) is 0 Å². The van der Waals surface area contributed by atoms with Gasteiger partial charge in [-0.25, -0.2) is 0 Å². The van der Waals surface area contributed by atoms with E-state index in [2.05, 4.69) is 43.5 Å². The second-order valence-corrected chi connectivity index (χ2v) is 19.6. The maximum absolute atomic E-state index is 12.5. The van der Waals surface area contributed by atoms with E-state index in [4.69, 9.17) is 4.74 Å². The van der Waals surface area contributed by atoms with Gasteiger partial charge in [0.25, 0.3) is 0 Å². The highest BCUT2D eigenvalue weighted by molar-refractivity contribution is 5.76. The van der Waals surface area contributed by atoms with E-state index in [1.807, 2.05) is 0 Å². The summed E-state index contributed by atoms with van der Waals surface area (Å²) in [6, 6.07) is -0.545. The van der Waals surface area contributed by atoms with E-state index >= 15 is 0 Å². The zero-order valence-corrected chi connectivity index (χ0v) is 43.0. The Balaban J connectivity index is 3.40. The third-order valence-electron chi connectivity index (χ3n) is 13.3. The highest BCUT2D eigenvalue weighted by atomic mass is 16.5. The summed E-state index contributed by atoms with van der Waals surface area (Å²) >= 11 is 0. The van der Waals surface area contributed by atoms with Crippen LogP contribution < -0.4 is 5.32 Å². The minimum atomic E-state index is -0.667. The molecule has 3 N–H and O–H groups in total. The molecule has 1 amide bonds. The molecule has 0 aliphatic heterocycles. The molecule has 6 nitrogen and oxygen atoms in total. The zero-order valence-electron chi connectivity index (χ0n) is 43.0. The van der Waals surface area contributed by atoms with E-state index in [1.165, 1.54) is 225 Å². The molecule has 0 saturated carbocycles. The minimum Gasteiger partial charge on any atom is -0.466 e. The number of allylic oxidation sites excluding steroid dienone is 4. The van der Waals surface area contributed by atoms with Crippen molar-refractivity contribution in [2.45, 2.75) is 321 Å². The third-order valence-corrected chi connectivity index (χ3v) is 13.3. The van der Waals surface area contributed by atoms with E-state index < -0.39 is 12.1 Å². The molecule has 0 aromatic heterocycles. The van der Waals surface area contributed by atoms with Crippen LogP contribution in [0.15, 0.2) is 24.3 Å². The Kier molecular flexibility index (Phi) is 52.6. The lowest BCUT2D eigenvalue weighted by molar-refractivity contribution is -0.143.